The maximum atomic E-state index is 12.0. The highest BCUT2D eigenvalue weighted by Gasteiger charge is 2.35. The number of carbonyl (C=O) groups is 1. The van der Waals surface area contributed by atoms with Gasteiger partial charge in [0.05, 0.1) is 24.7 Å². The molecule has 0 spiro atoms. The summed E-state index contributed by atoms with van der Waals surface area (Å²) in [6, 6.07) is 0. The molecule has 1 aliphatic rings. The van der Waals surface area contributed by atoms with Crippen molar-refractivity contribution in [1.29, 1.82) is 0 Å². The van der Waals surface area contributed by atoms with Gasteiger partial charge in [0.25, 0.3) is 0 Å². The molecule has 0 aromatic rings. The Morgan fingerprint density at radius 2 is 1.92 bits per heavy atom. The fraction of sp³-hybridized carbons (Fsp3) is 0.750. The number of carbonyl (C=O) groups excluding carboxylic acids is 1. The monoisotopic (exact) mass is 370 g/mol. The summed E-state index contributed by atoms with van der Waals surface area (Å²) in [4.78, 5) is 12.0. The first kappa shape index (κ1) is 22.8. The van der Waals surface area contributed by atoms with Crippen LogP contribution in [0.25, 0.3) is 0 Å². The first-order valence-electron chi connectivity index (χ1n) is 9.39. The van der Waals surface area contributed by atoms with Gasteiger partial charge in [-0.05, 0) is 25.2 Å². The van der Waals surface area contributed by atoms with E-state index in [-0.39, 0.29) is 24.4 Å². The second-order valence-corrected chi connectivity index (χ2v) is 7.18. The Balaban J connectivity index is 3.02. The SMILES string of the molecule is CCC1C[C@@H](C)[C@@H](O)/C=C/C=C/C[C@@H](C)OC(=O)C[C@@H](O)[C@H](OC)[C@H]1O. The van der Waals surface area contributed by atoms with E-state index in [4.69, 9.17) is 9.47 Å². The summed E-state index contributed by atoms with van der Waals surface area (Å²) in [5.41, 5.74) is 0. The summed E-state index contributed by atoms with van der Waals surface area (Å²) in [5.74, 6) is -0.760. The predicted molar refractivity (Wildman–Crippen MR) is 99.4 cm³/mol. The zero-order valence-electron chi connectivity index (χ0n) is 16.2. The number of hydrogen-bond donors (Lipinski definition) is 3. The van der Waals surface area contributed by atoms with Gasteiger partial charge in [0, 0.05) is 13.5 Å². The lowest BCUT2D eigenvalue weighted by atomic mass is 9.83. The minimum absolute atomic E-state index is 0.0642. The standard InChI is InChI=1S/C20H34O6/c1-5-15-11-13(2)16(21)10-8-6-7-9-14(3)26-18(23)12-17(22)20(25-4)19(15)24/h6-8,10,13-17,19-22,24H,5,9,11-12H2,1-4H3/b7-6+,10-8+/t13-,14-,15?,16+,17-,19+,20+/m1/s1. The number of aliphatic hydroxyl groups excluding tert-OH is 3. The molecule has 0 amide bonds. The first-order chi connectivity index (χ1) is 12.3. The van der Waals surface area contributed by atoms with E-state index in [0.29, 0.717) is 19.3 Å². The van der Waals surface area contributed by atoms with Crippen LogP contribution in [-0.2, 0) is 14.3 Å². The summed E-state index contributed by atoms with van der Waals surface area (Å²) < 4.78 is 10.6. The lowest BCUT2D eigenvalue weighted by Crippen LogP contribution is -2.45. The summed E-state index contributed by atoms with van der Waals surface area (Å²) in [6.07, 6.45) is 4.74. The highest BCUT2D eigenvalue weighted by molar-refractivity contribution is 5.70. The molecule has 1 aliphatic heterocycles. The molecule has 0 aliphatic carbocycles. The van der Waals surface area contributed by atoms with E-state index < -0.39 is 30.4 Å². The number of esters is 1. The average molecular weight is 370 g/mol. The van der Waals surface area contributed by atoms with Crippen LogP contribution in [0.5, 0.6) is 0 Å². The lowest BCUT2D eigenvalue weighted by Gasteiger charge is -2.33. The van der Waals surface area contributed by atoms with Gasteiger partial charge in [0.1, 0.15) is 12.2 Å². The zero-order chi connectivity index (χ0) is 19.7. The molecule has 1 unspecified atom stereocenters. The van der Waals surface area contributed by atoms with Crippen molar-refractivity contribution in [3.8, 4) is 0 Å². The highest BCUT2D eigenvalue weighted by Crippen LogP contribution is 2.26. The molecule has 0 radical (unpaired) electrons. The Hall–Kier alpha value is -1.21. The number of rotatable bonds is 2. The van der Waals surface area contributed by atoms with Crippen LogP contribution >= 0.6 is 0 Å². The maximum Gasteiger partial charge on any atom is 0.308 e. The molecule has 0 saturated carbocycles. The zero-order valence-corrected chi connectivity index (χ0v) is 16.2. The first-order valence-corrected chi connectivity index (χ1v) is 9.39. The second kappa shape index (κ2) is 11.5. The van der Waals surface area contributed by atoms with Gasteiger partial charge in [-0.2, -0.15) is 0 Å². The summed E-state index contributed by atoms with van der Waals surface area (Å²) >= 11 is 0. The lowest BCUT2D eigenvalue weighted by molar-refractivity contribution is -0.156. The molecule has 150 valence electrons. The molecule has 3 N–H and O–H groups in total. The quantitative estimate of drug-likeness (QED) is 0.643. The number of aliphatic hydroxyl groups is 3. The van der Waals surface area contributed by atoms with Gasteiger partial charge in [0.2, 0.25) is 0 Å². The van der Waals surface area contributed by atoms with Crippen molar-refractivity contribution in [3.05, 3.63) is 24.3 Å². The molecule has 1 heterocycles. The van der Waals surface area contributed by atoms with Crippen LogP contribution in [0.3, 0.4) is 0 Å². The number of methoxy groups -OCH3 is 1. The predicted octanol–water partition coefficient (Wildman–Crippen LogP) is 1.97. The third-order valence-corrected chi connectivity index (χ3v) is 4.98. The Labute approximate surface area is 156 Å². The van der Waals surface area contributed by atoms with E-state index in [0.717, 1.165) is 0 Å². The number of ether oxygens (including phenoxy) is 2. The van der Waals surface area contributed by atoms with Crippen molar-refractivity contribution in [2.24, 2.45) is 11.8 Å². The minimum atomic E-state index is -1.16. The highest BCUT2D eigenvalue weighted by atomic mass is 16.5. The van der Waals surface area contributed by atoms with E-state index in [1.54, 1.807) is 19.1 Å². The van der Waals surface area contributed by atoms with Crippen LogP contribution < -0.4 is 0 Å². The number of allylic oxidation sites excluding steroid dienone is 2. The molecule has 0 fully saturated rings. The van der Waals surface area contributed by atoms with Gasteiger partial charge in [-0.1, -0.05) is 44.6 Å². The molecule has 1 rings (SSSR count). The van der Waals surface area contributed by atoms with E-state index in [1.807, 2.05) is 26.0 Å². The van der Waals surface area contributed by atoms with Crippen LogP contribution in [0.2, 0.25) is 0 Å². The van der Waals surface area contributed by atoms with Crippen LogP contribution in [0, 0.1) is 11.8 Å². The van der Waals surface area contributed by atoms with E-state index in [1.165, 1.54) is 7.11 Å². The molecular formula is C20H34O6. The fourth-order valence-corrected chi connectivity index (χ4v) is 3.28. The Morgan fingerprint density at radius 3 is 2.54 bits per heavy atom. The van der Waals surface area contributed by atoms with Gasteiger partial charge >= 0.3 is 5.97 Å². The Kier molecular flexibility index (Phi) is 10.1. The van der Waals surface area contributed by atoms with Gasteiger partial charge in [0.15, 0.2) is 0 Å². The molecule has 0 aromatic carbocycles. The van der Waals surface area contributed by atoms with Crippen LogP contribution in [0.15, 0.2) is 24.3 Å². The van der Waals surface area contributed by atoms with Gasteiger partial charge in [-0.3, -0.25) is 4.79 Å². The van der Waals surface area contributed by atoms with Gasteiger partial charge in [-0.15, -0.1) is 0 Å². The van der Waals surface area contributed by atoms with Crippen LogP contribution in [0.1, 0.15) is 46.5 Å². The third-order valence-electron chi connectivity index (χ3n) is 4.98. The molecule has 6 nitrogen and oxygen atoms in total. The van der Waals surface area contributed by atoms with Crippen molar-refractivity contribution < 1.29 is 29.6 Å². The van der Waals surface area contributed by atoms with Crippen molar-refractivity contribution >= 4 is 5.97 Å². The van der Waals surface area contributed by atoms with Crippen molar-refractivity contribution in [2.75, 3.05) is 7.11 Å². The smallest absolute Gasteiger partial charge is 0.308 e. The molecular weight excluding hydrogens is 336 g/mol. The topological polar surface area (TPSA) is 96.2 Å². The molecule has 0 aromatic heterocycles. The molecule has 0 bridgehead atoms. The molecule has 7 atom stereocenters. The summed E-state index contributed by atoms with van der Waals surface area (Å²) in [5, 5.41) is 31.4. The molecule has 26 heavy (non-hydrogen) atoms. The second-order valence-electron chi connectivity index (χ2n) is 7.18. The van der Waals surface area contributed by atoms with Gasteiger partial charge < -0.3 is 24.8 Å². The van der Waals surface area contributed by atoms with E-state index in [9.17, 15) is 20.1 Å². The summed E-state index contributed by atoms with van der Waals surface area (Å²) in [6.45, 7) is 5.64. The Morgan fingerprint density at radius 1 is 1.23 bits per heavy atom. The largest absolute Gasteiger partial charge is 0.462 e. The molecule has 6 heteroatoms. The normalized spacial score (nSPS) is 40.6. The van der Waals surface area contributed by atoms with Gasteiger partial charge in [-0.25, -0.2) is 0 Å². The maximum absolute atomic E-state index is 12.0. The number of hydrogen-bond acceptors (Lipinski definition) is 6. The Bertz CT molecular complexity index is 475. The van der Waals surface area contributed by atoms with Crippen molar-refractivity contribution in [3.63, 3.8) is 0 Å². The fourth-order valence-electron chi connectivity index (χ4n) is 3.28. The van der Waals surface area contributed by atoms with E-state index >= 15 is 0 Å². The molecule has 0 saturated heterocycles. The summed E-state index contributed by atoms with van der Waals surface area (Å²) in [7, 11) is 1.40. The number of cyclic esters (lactones) is 1. The third kappa shape index (κ3) is 7.19. The van der Waals surface area contributed by atoms with Crippen LogP contribution in [0.4, 0.5) is 0 Å². The minimum Gasteiger partial charge on any atom is -0.462 e. The van der Waals surface area contributed by atoms with Crippen molar-refractivity contribution in [2.45, 2.75) is 77.0 Å². The van der Waals surface area contributed by atoms with Crippen molar-refractivity contribution in [1.82, 2.24) is 0 Å². The van der Waals surface area contributed by atoms with E-state index in [2.05, 4.69) is 0 Å². The van der Waals surface area contributed by atoms with Crippen LogP contribution in [-0.4, -0.2) is 58.9 Å². The average Bonchev–Trinajstić information content (AvgIpc) is 2.58.